The summed E-state index contributed by atoms with van der Waals surface area (Å²) in [5.41, 5.74) is 2.95. The summed E-state index contributed by atoms with van der Waals surface area (Å²) in [5.74, 6) is -0.0791. The molecule has 0 radical (unpaired) electrons. The van der Waals surface area contributed by atoms with Gasteiger partial charge >= 0.3 is 6.09 Å². The van der Waals surface area contributed by atoms with Crippen LogP contribution in [0.5, 0.6) is 0 Å². The van der Waals surface area contributed by atoms with Crippen molar-refractivity contribution in [3.05, 3.63) is 29.3 Å². The molecule has 5 rings (SSSR count). The number of fused-ring (bicyclic) bond motifs is 3. The smallest absolute Gasteiger partial charge is 0.407 e. The highest BCUT2D eigenvalue weighted by Crippen LogP contribution is 2.37. The van der Waals surface area contributed by atoms with Gasteiger partial charge in [-0.3, -0.25) is 9.69 Å². The molecule has 0 spiro atoms. The number of rotatable bonds is 4. The van der Waals surface area contributed by atoms with Crippen LogP contribution in [0.4, 0.5) is 10.8 Å². The van der Waals surface area contributed by atoms with Gasteiger partial charge in [-0.25, -0.2) is 9.78 Å². The third kappa shape index (κ3) is 3.17. The largest absolute Gasteiger partial charge is 0.465 e. The van der Waals surface area contributed by atoms with E-state index in [9.17, 15) is 14.7 Å². The van der Waals surface area contributed by atoms with Crippen LogP contribution in [-0.4, -0.2) is 64.2 Å². The van der Waals surface area contributed by atoms with Crippen molar-refractivity contribution < 1.29 is 19.1 Å². The number of nitrogens with one attached hydrogen (secondary N) is 1. The Morgan fingerprint density at radius 3 is 2.70 bits per heavy atom. The van der Waals surface area contributed by atoms with E-state index in [1.807, 2.05) is 22.4 Å². The average molecular weight is 427 g/mol. The monoisotopic (exact) mass is 427 g/mol. The van der Waals surface area contributed by atoms with Gasteiger partial charge in [0.15, 0.2) is 5.58 Å². The number of nitrogens with zero attached hydrogens (tertiary/aromatic N) is 4. The Bertz CT molecular complexity index is 1100. The molecule has 2 N–H and O–H groups in total. The fourth-order valence-electron chi connectivity index (χ4n) is 4.48. The molecule has 2 atom stereocenters. The van der Waals surface area contributed by atoms with Gasteiger partial charge in [0.1, 0.15) is 10.5 Å². The molecule has 9 nitrogen and oxygen atoms in total. The number of oxazole rings is 1. The second-order valence-electron chi connectivity index (χ2n) is 7.66. The van der Waals surface area contributed by atoms with E-state index < -0.39 is 6.09 Å². The molecular formula is C20H21N5O4S. The van der Waals surface area contributed by atoms with Crippen LogP contribution in [0, 0.1) is 0 Å². The zero-order chi connectivity index (χ0) is 20.8. The third-order valence-corrected chi connectivity index (χ3v) is 6.62. The van der Waals surface area contributed by atoms with Gasteiger partial charge in [0.25, 0.3) is 6.01 Å². The predicted molar refractivity (Wildman–Crippen MR) is 112 cm³/mol. The minimum Gasteiger partial charge on any atom is -0.465 e. The molecule has 2 saturated heterocycles. The maximum atomic E-state index is 11.9. The minimum absolute atomic E-state index is 0.0430. The lowest BCUT2D eigenvalue weighted by molar-refractivity contribution is -0.119. The van der Waals surface area contributed by atoms with Crippen molar-refractivity contribution in [2.45, 2.75) is 31.3 Å². The predicted octanol–water partition coefficient (Wildman–Crippen LogP) is 2.57. The van der Waals surface area contributed by atoms with Crippen LogP contribution in [0.2, 0.25) is 0 Å². The van der Waals surface area contributed by atoms with Crippen LogP contribution >= 0.6 is 11.3 Å². The van der Waals surface area contributed by atoms with Crippen LogP contribution in [0.25, 0.3) is 21.7 Å². The Hall–Kier alpha value is -3.14. The first kappa shape index (κ1) is 18.9. The van der Waals surface area contributed by atoms with Crippen molar-refractivity contribution in [3.63, 3.8) is 0 Å². The second-order valence-corrected chi connectivity index (χ2v) is 8.55. The van der Waals surface area contributed by atoms with Crippen LogP contribution in [0.15, 0.2) is 28.1 Å². The number of benzene rings is 1. The number of carbonyl (C=O) groups is 2. The molecule has 2 bridgehead atoms. The molecule has 0 aliphatic carbocycles. The first-order chi connectivity index (χ1) is 14.5. The van der Waals surface area contributed by atoms with Gasteiger partial charge in [-0.05, 0) is 30.5 Å². The zero-order valence-corrected chi connectivity index (χ0v) is 17.2. The van der Waals surface area contributed by atoms with E-state index in [1.54, 1.807) is 18.1 Å². The van der Waals surface area contributed by atoms with Crippen molar-refractivity contribution in [2.75, 3.05) is 25.0 Å². The zero-order valence-electron chi connectivity index (χ0n) is 16.4. The number of carbonyl (C=O) groups excluding carboxylic acids is 1. The molecule has 0 saturated carbocycles. The highest BCUT2D eigenvalue weighted by molar-refractivity contribution is 7.13. The summed E-state index contributed by atoms with van der Waals surface area (Å²) in [4.78, 5) is 36.2. The summed E-state index contributed by atoms with van der Waals surface area (Å²) in [6.45, 7) is 1.13. The summed E-state index contributed by atoms with van der Waals surface area (Å²) in [6, 6.07) is 4.20. The molecule has 2 fully saturated rings. The van der Waals surface area contributed by atoms with Gasteiger partial charge < -0.3 is 19.7 Å². The Kier molecular flexibility index (Phi) is 4.58. The van der Waals surface area contributed by atoms with E-state index in [1.165, 1.54) is 11.3 Å². The number of carboxylic acid groups (broad SMARTS) is 1. The Morgan fingerprint density at radius 1 is 1.30 bits per heavy atom. The molecule has 2 aliphatic heterocycles. The summed E-state index contributed by atoms with van der Waals surface area (Å²) in [7, 11) is 1.61. The van der Waals surface area contributed by atoms with Gasteiger partial charge in [0.05, 0.1) is 24.1 Å². The number of aromatic nitrogens is 2. The molecule has 1 aromatic carbocycles. The van der Waals surface area contributed by atoms with Gasteiger partial charge in [-0.1, -0.05) is 0 Å². The summed E-state index contributed by atoms with van der Waals surface area (Å²) >= 11 is 1.50. The van der Waals surface area contributed by atoms with Crippen molar-refractivity contribution in [3.8, 4) is 10.6 Å². The summed E-state index contributed by atoms with van der Waals surface area (Å²) in [6.07, 6.45) is 2.83. The van der Waals surface area contributed by atoms with Gasteiger partial charge in [0, 0.05) is 31.7 Å². The highest BCUT2D eigenvalue weighted by Gasteiger charge is 2.43. The molecule has 10 heteroatoms. The maximum absolute atomic E-state index is 11.9. The first-order valence-electron chi connectivity index (χ1n) is 9.83. The Labute approximate surface area is 176 Å². The molecule has 156 valence electrons. The van der Waals surface area contributed by atoms with Crippen LogP contribution in [0.3, 0.4) is 0 Å². The standard InChI is InChI=1S/C20H21N5O4S/c1-21-16(26)8-11-6-14(18-22-4-5-30-18)17-15(7-11)23-19(29-17)24-9-12-2-3-13(10-24)25(12)20(27)28/h4-7,12-13H,2-3,8-10H2,1H3,(H,21,26)(H,27,28). The second kappa shape index (κ2) is 7.28. The maximum Gasteiger partial charge on any atom is 0.407 e. The molecule has 3 aromatic rings. The van der Waals surface area contributed by atoms with Gasteiger partial charge in [0.2, 0.25) is 5.91 Å². The quantitative estimate of drug-likeness (QED) is 0.658. The number of hydrogen-bond donors (Lipinski definition) is 2. The lowest BCUT2D eigenvalue weighted by atomic mass is 10.1. The lowest BCUT2D eigenvalue weighted by Crippen LogP contribution is -2.55. The van der Waals surface area contributed by atoms with E-state index >= 15 is 0 Å². The fourth-order valence-corrected chi connectivity index (χ4v) is 5.13. The number of thiazole rings is 1. The first-order valence-corrected chi connectivity index (χ1v) is 10.7. The molecular weight excluding hydrogens is 406 g/mol. The van der Waals surface area contributed by atoms with E-state index in [-0.39, 0.29) is 24.4 Å². The van der Waals surface area contributed by atoms with Crippen molar-refractivity contribution in [1.29, 1.82) is 0 Å². The summed E-state index contributed by atoms with van der Waals surface area (Å²) < 4.78 is 6.18. The van der Waals surface area contributed by atoms with Gasteiger partial charge in [-0.2, -0.15) is 4.98 Å². The molecule has 2 amide bonds. The molecule has 4 heterocycles. The topological polar surface area (TPSA) is 112 Å². The SMILES string of the molecule is CNC(=O)Cc1cc(-c2nccs2)c2oc(N3CC4CCC(C3)N4C(=O)O)nc2c1. The number of amides is 2. The molecule has 30 heavy (non-hydrogen) atoms. The van der Waals surface area contributed by atoms with Crippen molar-refractivity contribution >= 4 is 40.5 Å². The highest BCUT2D eigenvalue weighted by atomic mass is 32.1. The van der Waals surface area contributed by atoms with Crippen LogP contribution < -0.4 is 10.2 Å². The lowest BCUT2D eigenvalue weighted by Gasteiger charge is -2.38. The minimum atomic E-state index is -0.857. The van der Waals surface area contributed by atoms with Crippen LogP contribution in [0.1, 0.15) is 18.4 Å². The normalized spacial score (nSPS) is 20.7. The third-order valence-electron chi connectivity index (χ3n) is 5.82. The number of anilines is 1. The van der Waals surface area contributed by atoms with E-state index in [4.69, 9.17) is 9.40 Å². The van der Waals surface area contributed by atoms with Gasteiger partial charge in [-0.15, -0.1) is 11.3 Å². The van der Waals surface area contributed by atoms with E-state index in [2.05, 4.69) is 10.3 Å². The van der Waals surface area contributed by atoms with Crippen LogP contribution in [-0.2, 0) is 11.2 Å². The Morgan fingerprint density at radius 2 is 2.07 bits per heavy atom. The molecule has 2 aromatic heterocycles. The average Bonchev–Trinajstić information content (AvgIpc) is 3.45. The Balaban J connectivity index is 1.53. The number of likely N-dealkylation sites (N-methyl/N-ethyl adjacent to an activating group) is 1. The van der Waals surface area contributed by atoms with Crippen molar-refractivity contribution in [1.82, 2.24) is 20.2 Å². The number of piperazine rings is 1. The van der Waals surface area contributed by atoms with Crippen molar-refractivity contribution in [2.24, 2.45) is 0 Å². The summed E-state index contributed by atoms with van der Waals surface area (Å²) in [5, 5.41) is 14.8. The molecule has 2 aliphatic rings. The van der Waals surface area contributed by atoms with E-state index in [0.717, 1.165) is 29.0 Å². The number of hydrogen-bond acceptors (Lipinski definition) is 7. The van der Waals surface area contributed by atoms with E-state index in [0.29, 0.717) is 30.2 Å². The fraction of sp³-hybridized carbons (Fsp3) is 0.400. The molecule has 2 unspecified atom stereocenters.